The SMILES string of the molecule is CCCCCCC(Sc1ccccc1)Sc1ccccc1. The van der Waals surface area contributed by atoms with Crippen LogP contribution in [-0.4, -0.2) is 4.58 Å². The van der Waals surface area contributed by atoms with Gasteiger partial charge in [-0.25, -0.2) is 0 Å². The molecule has 2 heteroatoms. The molecule has 21 heavy (non-hydrogen) atoms. The summed E-state index contributed by atoms with van der Waals surface area (Å²) in [7, 11) is 0. The van der Waals surface area contributed by atoms with Crippen LogP contribution in [-0.2, 0) is 0 Å². The van der Waals surface area contributed by atoms with E-state index >= 15 is 0 Å². The third kappa shape index (κ3) is 6.62. The van der Waals surface area contributed by atoms with Crippen LogP contribution in [0.1, 0.15) is 39.0 Å². The van der Waals surface area contributed by atoms with E-state index in [2.05, 4.69) is 67.6 Å². The van der Waals surface area contributed by atoms with E-state index < -0.39 is 0 Å². The van der Waals surface area contributed by atoms with Crippen LogP contribution in [0.25, 0.3) is 0 Å². The molecule has 0 spiro atoms. The lowest BCUT2D eigenvalue weighted by Crippen LogP contribution is -1.97. The van der Waals surface area contributed by atoms with E-state index in [1.807, 2.05) is 23.5 Å². The number of benzene rings is 2. The van der Waals surface area contributed by atoms with Crippen molar-refractivity contribution in [2.24, 2.45) is 0 Å². The van der Waals surface area contributed by atoms with E-state index in [0.29, 0.717) is 4.58 Å². The van der Waals surface area contributed by atoms with Gasteiger partial charge in [0, 0.05) is 9.79 Å². The Labute approximate surface area is 137 Å². The van der Waals surface area contributed by atoms with Crippen LogP contribution < -0.4 is 0 Å². The predicted octanol–water partition coefficient (Wildman–Crippen LogP) is 6.87. The van der Waals surface area contributed by atoms with Crippen LogP contribution in [0.5, 0.6) is 0 Å². The molecule has 0 heterocycles. The number of thioether (sulfide) groups is 2. The second-order valence-electron chi connectivity index (χ2n) is 5.14. The number of unbranched alkanes of at least 4 members (excludes halogenated alkanes) is 3. The zero-order chi connectivity index (χ0) is 14.8. The van der Waals surface area contributed by atoms with E-state index in [4.69, 9.17) is 0 Å². The Hall–Kier alpha value is -0.860. The third-order valence-corrected chi connectivity index (χ3v) is 5.98. The van der Waals surface area contributed by atoms with Crippen molar-refractivity contribution in [1.29, 1.82) is 0 Å². The average Bonchev–Trinajstić information content (AvgIpc) is 2.53. The van der Waals surface area contributed by atoms with Gasteiger partial charge in [0.25, 0.3) is 0 Å². The van der Waals surface area contributed by atoms with Crippen LogP contribution in [0, 0.1) is 0 Å². The molecule has 0 atom stereocenters. The lowest BCUT2D eigenvalue weighted by molar-refractivity contribution is 0.653. The Morgan fingerprint density at radius 1 is 0.714 bits per heavy atom. The summed E-state index contributed by atoms with van der Waals surface area (Å²) in [5, 5.41) is 0. The van der Waals surface area contributed by atoms with Crippen LogP contribution in [0.4, 0.5) is 0 Å². The maximum atomic E-state index is 2.27. The standard InChI is InChI=1S/C19H24S2/c1-2-3-4-11-16-19(20-17-12-7-5-8-13-17)21-18-14-9-6-10-15-18/h5-10,12-15,19H,2-4,11,16H2,1H3. The number of rotatable bonds is 9. The number of hydrogen-bond acceptors (Lipinski definition) is 2. The minimum atomic E-state index is 0.603. The summed E-state index contributed by atoms with van der Waals surface area (Å²) < 4.78 is 0.603. The predicted molar refractivity (Wildman–Crippen MR) is 97.1 cm³/mol. The van der Waals surface area contributed by atoms with Gasteiger partial charge in [0.05, 0.1) is 4.58 Å². The second kappa shape index (κ2) is 9.97. The van der Waals surface area contributed by atoms with Crippen molar-refractivity contribution >= 4 is 23.5 Å². The Kier molecular flexibility index (Phi) is 7.83. The smallest absolute Gasteiger partial charge is 0.0596 e. The van der Waals surface area contributed by atoms with Gasteiger partial charge in [-0.3, -0.25) is 0 Å². The minimum Gasteiger partial charge on any atom is -0.111 e. The maximum Gasteiger partial charge on any atom is 0.0596 e. The first kappa shape index (κ1) is 16.5. The molecular weight excluding hydrogens is 292 g/mol. The Bertz CT molecular complexity index is 440. The lowest BCUT2D eigenvalue weighted by atomic mass is 10.2. The third-order valence-electron chi connectivity index (χ3n) is 3.31. The summed E-state index contributed by atoms with van der Waals surface area (Å²) in [4.78, 5) is 2.75. The second-order valence-corrected chi connectivity index (χ2v) is 7.99. The van der Waals surface area contributed by atoms with Gasteiger partial charge >= 0.3 is 0 Å². The van der Waals surface area contributed by atoms with Gasteiger partial charge in [-0.15, -0.1) is 23.5 Å². The molecule has 0 aliphatic carbocycles. The van der Waals surface area contributed by atoms with Crippen LogP contribution in [0.15, 0.2) is 70.5 Å². The molecule has 0 saturated heterocycles. The van der Waals surface area contributed by atoms with Gasteiger partial charge in [0.2, 0.25) is 0 Å². The van der Waals surface area contributed by atoms with Gasteiger partial charge in [-0.05, 0) is 30.7 Å². The molecule has 0 nitrogen and oxygen atoms in total. The first-order chi connectivity index (χ1) is 10.4. The van der Waals surface area contributed by atoms with Crippen molar-refractivity contribution in [2.45, 2.75) is 53.4 Å². The van der Waals surface area contributed by atoms with Crippen molar-refractivity contribution < 1.29 is 0 Å². The molecule has 0 aromatic heterocycles. The summed E-state index contributed by atoms with van der Waals surface area (Å²) in [6, 6.07) is 21.6. The molecule has 0 unspecified atom stereocenters. The fourth-order valence-corrected chi connectivity index (χ4v) is 4.85. The molecule has 2 aromatic rings. The largest absolute Gasteiger partial charge is 0.111 e. The summed E-state index contributed by atoms with van der Waals surface area (Å²) in [6.45, 7) is 2.27. The van der Waals surface area contributed by atoms with E-state index in [1.54, 1.807) is 0 Å². The van der Waals surface area contributed by atoms with Gasteiger partial charge < -0.3 is 0 Å². The van der Waals surface area contributed by atoms with Crippen molar-refractivity contribution in [3.8, 4) is 0 Å². The highest BCUT2D eigenvalue weighted by molar-refractivity contribution is 8.17. The highest BCUT2D eigenvalue weighted by Crippen LogP contribution is 2.38. The van der Waals surface area contributed by atoms with E-state index in [0.717, 1.165) is 0 Å². The van der Waals surface area contributed by atoms with Crippen LogP contribution >= 0.6 is 23.5 Å². The minimum absolute atomic E-state index is 0.603. The van der Waals surface area contributed by atoms with E-state index in [9.17, 15) is 0 Å². The summed E-state index contributed by atoms with van der Waals surface area (Å²) in [5.74, 6) is 0. The van der Waals surface area contributed by atoms with Crippen molar-refractivity contribution in [3.63, 3.8) is 0 Å². The molecule has 2 rings (SSSR count). The molecule has 0 bridgehead atoms. The fraction of sp³-hybridized carbons (Fsp3) is 0.368. The molecule has 0 saturated carbocycles. The van der Waals surface area contributed by atoms with E-state index in [-0.39, 0.29) is 0 Å². The van der Waals surface area contributed by atoms with Gasteiger partial charge in [0.1, 0.15) is 0 Å². The molecule has 2 aromatic carbocycles. The zero-order valence-electron chi connectivity index (χ0n) is 12.7. The van der Waals surface area contributed by atoms with Crippen LogP contribution in [0.2, 0.25) is 0 Å². The molecule has 0 aliphatic rings. The Morgan fingerprint density at radius 2 is 1.24 bits per heavy atom. The van der Waals surface area contributed by atoms with Crippen molar-refractivity contribution in [3.05, 3.63) is 60.7 Å². The van der Waals surface area contributed by atoms with Gasteiger partial charge in [-0.2, -0.15) is 0 Å². The Morgan fingerprint density at radius 3 is 1.71 bits per heavy atom. The zero-order valence-corrected chi connectivity index (χ0v) is 14.3. The quantitative estimate of drug-likeness (QED) is 0.281. The van der Waals surface area contributed by atoms with E-state index in [1.165, 1.54) is 41.9 Å². The highest BCUT2D eigenvalue weighted by Gasteiger charge is 2.12. The Balaban J connectivity index is 1.93. The first-order valence-electron chi connectivity index (χ1n) is 7.82. The van der Waals surface area contributed by atoms with Gasteiger partial charge in [0.15, 0.2) is 0 Å². The normalized spacial score (nSPS) is 11.0. The van der Waals surface area contributed by atoms with Crippen molar-refractivity contribution in [1.82, 2.24) is 0 Å². The fourth-order valence-electron chi connectivity index (χ4n) is 2.18. The average molecular weight is 317 g/mol. The molecule has 0 N–H and O–H groups in total. The first-order valence-corrected chi connectivity index (χ1v) is 9.58. The molecule has 112 valence electrons. The molecule has 0 aliphatic heterocycles. The summed E-state index contributed by atoms with van der Waals surface area (Å²) >= 11 is 4.01. The number of hydrogen-bond donors (Lipinski definition) is 0. The molecule has 0 radical (unpaired) electrons. The summed E-state index contributed by atoms with van der Waals surface area (Å²) in [6.07, 6.45) is 6.63. The lowest BCUT2D eigenvalue weighted by Gasteiger charge is -2.16. The van der Waals surface area contributed by atoms with Crippen molar-refractivity contribution in [2.75, 3.05) is 0 Å². The maximum absolute atomic E-state index is 2.27. The summed E-state index contributed by atoms with van der Waals surface area (Å²) in [5.41, 5.74) is 0. The monoisotopic (exact) mass is 316 g/mol. The molecular formula is C19H24S2. The molecule has 0 fully saturated rings. The van der Waals surface area contributed by atoms with Crippen LogP contribution in [0.3, 0.4) is 0 Å². The topological polar surface area (TPSA) is 0 Å². The van der Waals surface area contributed by atoms with Gasteiger partial charge in [-0.1, -0.05) is 69.0 Å². The molecule has 0 amide bonds. The highest BCUT2D eigenvalue weighted by atomic mass is 32.2.